The fraction of sp³-hybridized carbons (Fsp3) is 0.632. The summed E-state index contributed by atoms with van der Waals surface area (Å²) in [7, 11) is 3.23. The monoisotopic (exact) mass is 367 g/mol. The van der Waals surface area contributed by atoms with Gasteiger partial charge in [-0.05, 0) is 37.5 Å². The Bertz CT molecular complexity index is 494. The van der Waals surface area contributed by atoms with Gasteiger partial charge in [0.1, 0.15) is 5.75 Å². The molecule has 3 N–H and O–H groups in total. The van der Waals surface area contributed by atoms with Crippen molar-refractivity contribution in [1.29, 1.82) is 0 Å². The molecule has 0 saturated carbocycles. The minimum Gasteiger partial charge on any atom is -0.497 e. The second-order valence-electron chi connectivity index (χ2n) is 5.81. The van der Waals surface area contributed by atoms with E-state index in [1.165, 1.54) is 0 Å². The van der Waals surface area contributed by atoms with E-state index in [2.05, 4.69) is 15.6 Å². The Morgan fingerprint density at radius 3 is 2.54 bits per heavy atom. The number of hydrogen-bond donors (Lipinski definition) is 3. The van der Waals surface area contributed by atoms with Crippen LogP contribution in [0.2, 0.25) is 0 Å². The van der Waals surface area contributed by atoms with Crippen LogP contribution in [0.1, 0.15) is 25.3 Å². The number of benzene rings is 1. The first-order valence-electron chi connectivity index (χ1n) is 9.09. The highest BCUT2D eigenvalue weighted by Gasteiger charge is 2.04. The first kappa shape index (κ1) is 22.2. The summed E-state index contributed by atoms with van der Waals surface area (Å²) < 4.78 is 15.5. The molecule has 1 rings (SSSR count). The van der Waals surface area contributed by atoms with Gasteiger partial charge in [-0.25, -0.2) is 4.99 Å². The van der Waals surface area contributed by atoms with E-state index in [1.54, 1.807) is 14.2 Å². The minimum absolute atomic E-state index is 0.335. The summed E-state index contributed by atoms with van der Waals surface area (Å²) in [6, 6.07) is 7.85. The van der Waals surface area contributed by atoms with Gasteiger partial charge in [0, 0.05) is 33.4 Å². The smallest absolute Gasteiger partial charge is 0.191 e. The molecule has 1 aromatic rings. The highest BCUT2D eigenvalue weighted by Crippen LogP contribution is 2.11. The summed E-state index contributed by atoms with van der Waals surface area (Å²) in [6.07, 6.45) is 1.02. The standard InChI is InChI=1S/C19H33N3O4/c1-4-26-13-5-11-20-19(21-12-10-17(23)15-24-2)22-14-16-6-8-18(25-3)9-7-16/h6-9,17,23H,4-5,10-15H2,1-3H3,(H2,20,21,22). The van der Waals surface area contributed by atoms with E-state index in [-0.39, 0.29) is 0 Å². The molecule has 0 aromatic heterocycles. The lowest BCUT2D eigenvalue weighted by Gasteiger charge is -2.14. The summed E-state index contributed by atoms with van der Waals surface area (Å²) in [5.41, 5.74) is 1.10. The third-order valence-corrected chi connectivity index (χ3v) is 3.67. The molecule has 0 saturated heterocycles. The van der Waals surface area contributed by atoms with Crippen LogP contribution in [-0.2, 0) is 16.0 Å². The van der Waals surface area contributed by atoms with E-state index >= 15 is 0 Å². The SMILES string of the molecule is CCOCCCNC(=NCc1ccc(OC)cc1)NCCC(O)COC. The summed E-state index contributed by atoms with van der Waals surface area (Å²) >= 11 is 0. The Balaban J connectivity index is 2.50. The second-order valence-corrected chi connectivity index (χ2v) is 5.81. The van der Waals surface area contributed by atoms with Crippen LogP contribution in [0.4, 0.5) is 0 Å². The van der Waals surface area contributed by atoms with Crippen molar-refractivity contribution in [3.05, 3.63) is 29.8 Å². The average molecular weight is 367 g/mol. The quantitative estimate of drug-likeness (QED) is 0.279. The van der Waals surface area contributed by atoms with Crippen molar-refractivity contribution in [2.45, 2.75) is 32.4 Å². The predicted octanol–water partition coefficient (Wildman–Crippen LogP) is 1.55. The van der Waals surface area contributed by atoms with E-state index < -0.39 is 6.10 Å². The lowest BCUT2D eigenvalue weighted by Crippen LogP contribution is -2.39. The summed E-state index contributed by atoms with van der Waals surface area (Å²) in [6.45, 7) is 5.73. The molecular formula is C19H33N3O4. The van der Waals surface area contributed by atoms with Crippen LogP contribution in [0.15, 0.2) is 29.3 Å². The topological polar surface area (TPSA) is 84.3 Å². The van der Waals surface area contributed by atoms with Crippen molar-refractivity contribution in [2.75, 3.05) is 47.1 Å². The molecule has 26 heavy (non-hydrogen) atoms. The van der Waals surface area contributed by atoms with Crippen LogP contribution in [0, 0.1) is 0 Å². The van der Waals surface area contributed by atoms with Gasteiger partial charge in [-0.1, -0.05) is 12.1 Å². The van der Waals surface area contributed by atoms with E-state index in [1.807, 2.05) is 31.2 Å². The molecule has 0 aliphatic rings. The third-order valence-electron chi connectivity index (χ3n) is 3.67. The Hall–Kier alpha value is -1.83. The van der Waals surface area contributed by atoms with Gasteiger partial charge in [-0.2, -0.15) is 0 Å². The van der Waals surface area contributed by atoms with Gasteiger partial charge in [-0.15, -0.1) is 0 Å². The van der Waals surface area contributed by atoms with E-state index in [0.717, 1.165) is 43.5 Å². The normalized spacial score (nSPS) is 12.7. The molecule has 0 aliphatic carbocycles. The van der Waals surface area contributed by atoms with E-state index in [0.29, 0.717) is 26.1 Å². The molecule has 0 radical (unpaired) electrons. The van der Waals surface area contributed by atoms with Gasteiger partial charge in [-0.3, -0.25) is 0 Å². The van der Waals surface area contributed by atoms with E-state index in [4.69, 9.17) is 14.2 Å². The van der Waals surface area contributed by atoms with Crippen LogP contribution in [0.25, 0.3) is 0 Å². The molecule has 1 unspecified atom stereocenters. The first-order chi connectivity index (χ1) is 12.7. The number of guanidine groups is 1. The Kier molecular flexibility index (Phi) is 12.3. The van der Waals surface area contributed by atoms with Gasteiger partial charge < -0.3 is 30.0 Å². The zero-order valence-electron chi connectivity index (χ0n) is 16.2. The number of nitrogens with zero attached hydrogens (tertiary/aromatic N) is 1. The molecule has 0 spiro atoms. The van der Waals surface area contributed by atoms with Crippen molar-refractivity contribution < 1.29 is 19.3 Å². The van der Waals surface area contributed by atoms with Gasteiger partial charge in [0.25, 0.3) is 0 Å². The molecule has 148 valence electrons. The summed E-state index contributed by atoms with van der Waals surface area (Å²) in [5.74, 6) is 1.55. The number of aliphatic hydroxyl groups excluding tert-OH is 1. The number of aliphatic imine (C=N–C) groups is 1. The van der Waals surface area contributed by atoms with Crippen molar-refractivity contribution in [1.82, 2.24) is 10.6 Å². The lowest BCUT2D eigenvalue weighted by atomic mass is 10.2. The fourth-order valence-corrected chi connectivity index (χ4v) is 2.23. The Morgan fingerprint density at radius 1 is 1.15 bits per heavy atom. The number of aliphatic hydroxyl groups is 1. The third kappa shape index (κ3) is 10.2. The molecule has 0 bridgehead atoms. The first-order valence-corrected chi connectivity index (χ1v) is 9.09. The molecule has 7 nitrogen and oxygen atoms in total. The zero-order valence-corrected chi connectivity index (χ0v) is 16.2. The lowest BCUT2D eigenvalue weighted by molar-refractivity contribution is 0.0601. The highest BCUT2D eigenvalue weighted by molar-refractivity contribution is 5.79. The number of ether oxygens (including phenoxy) is 3. The maximum atomic E-state index is 9.74. The minimum atomic E-state index is -0.478. The van der Waals surface area contributed by atoms with Crippen LogP contribution in [-0.4, -0.2) is 64.3 Å². The van der Waals surface area contributed by atoms with Crippen molar-refractivity contribution >= 4 is 5.96 Å². The summed E-state index contributed by atoms with van der Waals surface area (Å²) in [4.78, 5) is 4.61. The maximum Gasteiger partial charge on any atom is 0.191 e. The number of nitrogens with one attached hydrogen (secondary N) is 2. The predicted molar refractivity (Wildman–Crippen MR) is 104 cm³/mol. The Morgan fingerprint density at radius 2 is 1.88 bits per heavy atom. The van der Waals surface area contributed by atoms with Gasteiger partial charge in [0.15, 0.2) is 5.96 Å². The van der Waals surface area contributed by atoms with Gasteiger partial charge in [0.05, 0.1) is 26.4 Å². The molecule has 0 fully saturated rings. The number of hydrogen-bond acceptors (Lipinski definition) is 5. The fourth-order valence-electron chi connectivity index (χ4n) is 2.23. The largest absolute Gasteiger partial charge is 0.497 e. The maximum absolute atomic E-state index is 9.74. The van der Waals surface area contributed by atoms with Crippen LogP contribution in [0.3, 0.4) is 0 Å². The Labute approximate surface area is 156 Å². The zero-order chi connectivity index (χ0) is 19.0. The van der Waals surface area contributed by atoms with Crippen LogP contribution < -0.4 is 15.4 Å². The molecule has 7 heteroatoms. The molecule has 0 heterocycles. The van der Waals surface area contributed by atoms with Crippen molar-refractivity contribution in [2.24, 2.45) is 4.99 Å². The van der Waals surface area contributed by atoms with Crippen molar-refractivity contribution in [3.8, 4) is 5.75 Å². The molecular weight excluding hydrogens is 334 g/mol. The second kappa shape index (κ2) is 14.4. The average Bonchev–Trinajstić information content (AvgIpc) is 2.66. The van der Waals surface area contributed by atoms with Gasteiger partial charge in [0.2, 0.25) is 0 Å². The highest BCUT2D eigenvalue weighted by atomic mass is 16.5. The van der Waals surface area contributed by atoms with Crippen LogP contribution >= 0.6 is 0 Å². The van der Waals surface area contributed by atoms with E-state index in [9.17, 15) is 5.11 Å². The molecule has 0 aliphatic heterocycles. The number of methoxy groups -OCH3 is 2. The van der Waals surface area contributed by atoms with Gasteiger partial charge >= 0.3 is 0 Å². The summed E-state index contributed by atoms with van der Waals surface area (Å²) in [5, 5.41) is 16.3. The number of rotatable bonds is 13. The van der Waals surface area contributed by atoms with Crippen LogP contribution in [0.5, 0.6) is 5.75 Å². The molecule has 1 aromatic carbocycles. The molecule has 0 amide bonds. The molecule has 1 atom stereocenters. The van der Waals surface area contributed by atoms with Crippen molar-refractivity contribution in [3.63, 3.8) is 0 Å².